The van der Waals surface area contributed by atoms with Gasteiger partial charge in [0.2, 0.25) is 5.91 Å². The van der Waals surface area contributed by atoms with E-state index in [-0.39, 0.29) is 24.8 Å². The number of anilines is 2. The Morgan fingerprint density at radius 3 is 2.52 bits per heavy atom. The van der Waals surface area contributed by atoms with E-state index < -0.39 is 5.97 Å². The lowest BCUT2D eigenvalue weighted by Gasteiger charge is -2.15. The highest BCUT2D eigenvalue weighted by Crippen LogP contribution is 2.29. The minimum atomic E-state index is -0.408. The molecule has 33 heavy (non-hydrogen) atoms. The molecule has 0 aliphatic carbocycles. The summed E-state index contributed by atoms with van der Waals surface area (Å²) in [4.78, 5) is 35.3. The summed E-state index contributed by atoms with van der Waals surface area (Å²) < 4.78 is 4.56. The Balaban J connectivity index is 1.48. The molecule has 0 aliphatic rings. The van der Waals surface area contributed by atoms with Crippen LogP contribution in [0.15, 0.2) is 67.0 Å². The molecule has 0 saturated heterocycles. The lowest BCUT2D eigenvalue weighted by molar-refractivity contribution is -0.141. The monoisotopic (exact) mass is 443 g/mol. The van der Waals surface area contributed by atoms with E-state index in [1.165, 1.54) is 19.0 Å². The fourth-order valence-electron chi connectivity index (χ4n) is 3.51. The maximum Gasteiger partial charge on any atom is 0.306 e. The van der Waals surface area contributed by atoms with Crippen molar-refractivity contribution in [3.05, 3.63) is 72.6 Å². The second kappa shape index (κ2) is 9.95. The van der Waals surface area contributed by atoms with Crippen LogP contribution < -0.4 is 10.6 Å². The number of H-pyrrole nitrogens is 1. The van der Waals surface area contributed by atoms with Crippen molar-refractivity contribution in [2.75, 3.05) is 17.7 Å². The molecule has 0 fully saturated rings. The highest BCUT2D eigenvalue weighted by atomic mass is 16.5. The highest BCUT2D eigenvalue weighted by molar-refractivity contribution is 5.94. The third kappa shape index (κ3) is 5.35. The summed E-state index contributed by atoms with van der Waals surface area (Å²) in [6.07, 6.45) is 1.66. The number of nitrogens with zero attached hydrogens (tertiary/aromatic N) is 2. The molecule has 1 unspecified atom stereocenters. The van der Waals surface area contributed by atoms with Crippen LogP contribution in [-0.4, -0.2) is 33.9 Å². The van der Waals surface area contributed by atoms with Crippen molar-refractivity contribution in [3.63, 3.8) is 0 Å². The Labute approximate surface area is 191 Å². The van der Waals surface area contributed by atoms with Gasteiger partial charge in [0.05, 0.1) is 18.9 Å². The Morgan fingerprint density at radius 1 is 1.03 bits per heavy atom. The van der Waals surface area contributed by atoms with Gasteiger partial charge in [-0.3, -0.25) is 9.59 Å². The van der Waals surface area contributed by atoms with Crippen molar-refractivity contribution < 1.29 is 14.3 Å². The molecule has 1 atom stereocenters. The first kappa shape index (κ1) is 22.0. The number of carbonyl (C=O) groups is 2. The molecule has 0 aliphatic heterocycles. The van der Waals surface area contributed by atoms with Gasteiger partial charge in [-0.1, -0.05) is 42.5 Å². The molecular weight excluding hydrogens is 418 g/mol. The van der Waals surface area contributed by atoms with Crippen LogP contribution in [0, 0.1) is 0 Å². The van der Waals surface area contributed by atoms with Crippen LogP contribution in [-0.2, 0) is 14.3 Å². The van der Waals surface area contributed by atoms with Gasteiger partial charge in [0.1, 0.15) is 17.8 Å². The first-order valence-corrected chi connectivity index (χ1v) is 10.7. The Bertz CT molecular complexity index is 1250. The number of carbonyl (C=O) groups excluding carboxylic acids is 2. The number of hydrogen-bond donors (Lipinski definition) is 3. The van der Waals surface area contributed by atoms with Crippen LogP contribution in [0.5, 0.6) is 0 Å². The zero-order chi connectivity index (χ0) is 23.2. The van der Waals surface area contributed by atoms with Crippen LogP contribution >= 0.6 is 0 Å². The number of ether oxygens (including phenoxy) is 1. The molecule has 1 amide bonds. The fraction of sp³-hybridized carbons (Fsp3) is 0.200. The van der Waals surface area contributed by atoms with E-state index in [1.54, 1.807) is 0 Å². The minimum Gasteiger partial charge on any atom is -0.469 e. The summed E-state index contributed by atoms with van der Waals surface area (Å²) >= 11 is 0. The third-order valence-electron chi connectivity index (χ3n) is 5.34. The number of rotatable bonds is 8. The predicted molar refractivity (Wildman–Crippen MR) is 128 cm³/mol. The van der Waals surface area contributed by atoms with E-state index >= 15 is 0 Å². The van der Waals surface area contributed by atoms with Crippen LogP contribution in [0.2, 0.25) is 0 Å². The van der Waals surface area contributed by atoms with Gasteiger partial charge in [0.25, 0.3) is 0 Å². The Morgan fingerprint density at radius 2 is 1.79 bits per heavy atom. The zero-order valence-corrected chi connectivity index (χ0v) is 18.5. The van der Waals surface area contributed by atoms with Crippen LogP contribution in [0.1, 0.15) is 31.4 Å². The molecule has 168 valence electrons. The van der Waals surface area contributed by atoms with Crippen molar-refractivity contribution in [2.45, 2.75) is 25.8 Å². The maximum atomic E-state index is 12.0. The molecule has 0 radical (unpaired) electrons. The standard InChI is InChI=1S/C25H25N5O3/c1-16(17-6-4-3-5-7-17)28-24-20-14-21(30-25(20)27-15-26-24)18-8-10-19(11-9-18)29-22(31)12-13-23(32)33-2/h3-11,14-16H,12-13H2,1-2H3,(H,29,31)(H2,26,27,28,30). The number of esters is 1. The second-order valence-electron chi connectivity index (χ2n) is 7.65. The SMILES string of the molecule is COC(=O)CCC(=O)Nc1ccc(-c2cc3c(NC(C)c4ccccc4)ncnc3[nH]2)cc1. The molecule has 2 heterocycles. The van der Waals surface area contributed by atoms with Crippen LogP contribution in [0.4, 0.5) is 11.5 Å². The topological polar surface area (TPSA) is 109 Å². The summed E-state index contributed by atoms with van der Waals surface area (Å²) in [5.74, 6) is 0.111. The molecule has 0 saturated carbocycles. The number of amides is 1. The summed E-state index contributed by atoms with van der Waals surface area (Å²) in [6.45, 7) is 2.09. The first-order chi connectivity index (χ1) is 16.0. The van der Waals surface area contributed by atoms with Crippen LogP contribution in [0.25, 0.3) is 22.3 Å². The number of nitrogens with one attached hydrogen (secondary N) is 3. The van der Waals surface area contributed by atoms with E-state index in [4.69, 9.17) is 0 Å². The Hall–Kier alpha value is -4.20. The molecule has 8 heteroatoms. The van der Waals surface area contributed by atoms with E-state index in [0.29, 0.717) is 5.69 Å². The average Bonchev–Trinajstić information content (AvgIpc) is 3.29. The predicted octanol–water partition coefficient (Wildman–Crippen LogP) is 4.69. The normalized spacial score (nSPS) is 11.7. The third-order valence-corrected chi connectivity index (χ3v) is 5.34. The summed E-state index contributed by atoms with van der Waals surface area (Å²) in [5.41, 5.74) is 4.41. The molecule has 0 spiro atoms. The maximum absolute atomic E-state index is 12.0. The number of hydrogen-bond acceptors (Lipinski definition) is 6. The summed E-state index contributed by atoms with van der Waals surface area (Å²) in [6, 6.07) is 19.7. The average molecular weight is 444 g/mol. The first-order valence-electron chi connectivity index (χ1n) is 10.7. The molecule has 4 rings (SSSR count). The molecule has 2 aromatic heterocycles. The molecule has 3 N–H and O–H groups in total. The molecule has 4 aromatic rings. The molecular formula is C25H25N5O3. The van der Waals surface area contributed by atoms with E-state index in [9.17, 15) is 9.59 Å². The van der Waals surface area contributed by atoms with Crippen molar-refractivity contribution in [2.24, 2.45) is 0 Å². The Kier molecular flexibility index (Phi) is 6.64. The van der Waals surface area contributed by atoms with Gasteiger partial charge in [-0.2, -0.15) is 0 Å². The van der Waals surface area contributed by atoms with Gasteiger partial charge in [-0.15, -0.1) is 0 Å². The number of benzene rings is 2. The quantitative estimate of drug-likeness (QED) is 0.341. The fourth-order valence-corrected chi connectivity index (χ4v) is 3.51. The number of aromatic nitrogens is 3. The number of aromatic amines is 1. The van der Waals surface area contributed by atoms with Gasteiger partial charge in [-0.25, -0.2) is 9.97 Å². The lowest BCUT2D eigenvalue weighted by atomic mass is 10.1. The molecule has 2 aromatic carbocycles. The van der Waals surface area contributed by atoms with Gasteiger partial charge >= 0.3 is 5.97 Å². The highest BCUT2D eigenvalue weighted by Gasteiger charge is 2.13. The zero-order valence-electron chi connectivity index (χ0n) is 18.5. The van der Waals surface area contributed by atoms with Crippen molar-refractivity contribution in [1.29, 1.82) is 0 Å². The lowest BCUT2D eigenvalue weighted by Crippen LogP contribution is -2.13. The smallest absolute Gasteiger partial charge is 0.306 e. The largest absolute Gasteiger partial charge is 0.469 e. The van der Waals surface area contributed by atoms with Crippen molar-refractivity contribution in [1.82, 2.24) is 15.0 Å². The van der Waals surface area contributed by atoms with E-state index in [1.807, 2.05) is 48.5 Å². The van der Waals surface area contributed by atoms with Crippen molar-refractivity contribution in [3.8, 4) is 11.3 Å². The van der Waals surface area contributed by atoms with Gasteiger partial charge in [0, 0.05) is 23.8 Å². The van der Waals surface area contributed by atoms with Crippen LogP contribution in [0.3, 0.4) is 0 Å². The molecule has 0 bridgehead atoms. The van der Waals surface area contributed by atoms with Crippen molar-refractivity contribution >= 4 is 34.4 Å². The van der Waals surface area contributed by atoms with Gasteiger partial charge in [-0.05, 0) is 36.2 Å². The minimum absolute atomic E-state index is 0.0514. The summed E-state index contributed by atoms with van der Waals surface area (Å²) in [5, 5.41) is 7.15. The number of methoxy groups -OCH3 is 1. The van der Waals surface area contributed by atoms with E-state index in [2.05, 4.69) is 49.4 Å². The molecule has 8 nitrogen and oxygen atoms in total. The van der Waals surface area contributed by atoms with E-state index in [0.717, 1.165) is 28.1 Å². The van der Waals surface area contributed by atoms with Gasteiger partial charge < -0.3 is 20.4 Å². The number of fused-ring (bicyclic) bond motifs is 1. The van der Waals surface area contributed by atoms with Gasteiger partial charge in [0.15, 0.2) is 0 Å². The summed E-state index contributed by atoms with van der Waals surface area (Å²) in [7, 11) is 1.30. The second-order valence-corrected chi connectivity index (χ2v) is 7.65.